The topological polar surface area (TPSA) is 175 Å². The van der Waals surface area contributed by atoms with Crippen molar-refractivity contribution in [3.8, 4) is 11.3 Å². The quantitative estimate of drug-likeness (QED) is 0.185. The number of carbonyl (C=O) groups excluding carboxylic acids is 2. The molecule has 0 amide bonds. The molecular weight excluding hydrogens is 874 g/mol. The maximum atomic E-state index is 14.8. The van der Waals surface area contributed by atoms with E-state index < -0.39 is 82.9 Å². The average Bonchev–Trinajstić information content (AvgIpc) is 3.91. The van der Waals surface area contributed by atoms with Gasteiger partial charge in [0.15, 0.2) is 11.6 Å². The molecule has 68 heavy (non-hydrogen) atoms. The fraction of sp³-hybridized carbons (Fsp3) is 0.778. The van der Waals surface area contributed by atoms with Crippen molar-refractivity contribution < 1.29 is 78.2 Å². The van der Waals surface area contributed by atoms with Crippen LogP contribution in [0.2, 0.25) is 0 Å². The number of Topliss-reactive ketones (excluding diaryl/α,β-unsaturated/α-hetero) is 1. The molecule has 4 saturated heterocycles. The van der Waals surface area contributed by atoms with E-state index in [1.807, 2.05) is 51.6 Å². The van der Waals surface area contributed by atoms with Crippen LogP contribution in [0.4, 0.5) is 0 Å². The Morgan fingerprint density at radius 1 is 0.912 bits per heavy atom. The molecule has 0 bridgehead atoms. The van der Waals surface area contributed by atoms with E-state index in [4.69, 9.17) is 28.9 Å². The van der Waals surface area contributed by atoms with Crippen molar-refractivity contribution in [2.24, 2.45) is 41.4 Å². The average molecular weight is 956 g/mol. The summed E-state index contributed by atoms with van der Waals surface area (Å²) in [4.78, 5) is 26.8. The molecule has 0 saturated carbocycles. The molecule has 374 valence electrons. The number of aliphatic hydroxyl groups excluding tert-OH is 1. The van der Waals surface area contributed by atoms with Gasteiger partial charge in [0, 0.05) is 47.5 Å². The molecule has 5 aliphatic heterocycles. The monoisotopic (exact) mass is 956 g/mol. The van der Waals surface area contributed by atoms with Crippen LogP contribution in [0.1, 0.15) is 166 Å². The zero-order valence-electron chi connectivity index (χ0n) is 43.7. The molecule has 14 heteroatoms. The maximum Gasteiger partial charge on any atom is 1.00 e. The number of carbonyl (C=O) groups is 2. The van der Waals surface area contributed by atoms with Crippen LogP contribution >= 0.6 is 0 Å². The minimum absolute atomic E-state index is 0. The summed E-state index contributed by atoms with van der Waals surface area (Å²) in [7, 11) is 0. The van der Waals surface area contributed by atoms with Gasteiger partial charge in [-0.1, -0.05) is 112 Å². The first kappa shape index (κ1) is 55.3. The van der Waals surface area contributed by atoms with E-state index in [1.165, 1.54) is 5.56 Å². The standard InChI is InChI=1S/C54H83N3O10.Na/c1-14-39(49(60)61)42-22-17-31(4)47(64-42)35(8)45(58)34(7)46(59)40(15-2)48-32(5)29-33(6)53(65-48)26-23-43(57-30-41(55-56-57)37-18-20-38(21-19-37)50(10,11)12)54(67-53)28-27-51(13,66-54)44-24-25-52(62,16-3)36(9)63-44;/h18-21,23,26,30-36,39-40,42-45,47-48,58,62H,14-17,22,24-25,27-29H2,1-13H3,(H,60,61);/q;+1/p-1/t31-,32-,33+,34-,35-,36-,39+,40-,42+,43-,44+,45+,47+,48-,51-,52+,53-,54-;/m0./s1. The fourth-order valence-electron chi connectivity index (χ4n) is 12.5. The van der Waals surface area contributed by atoms with E-state index >= 15 is 0 Å². The molecule has 2 N–H and O–H groups in total. The van der Waals surface area contributed by atoms with Crippen LogP contribution in [0.15, 0.2) is 42.6 Å². The van der Waals surface area contributed by atoms with Gasteiger partial charge in [-0.3, -0.25) is 4.79 Å². The largest absolute Gasteiger partial charge is 1.00 e. The third-order valence-electron chi connectivity index (χ3n) is 17.3. The number of ether oxygens (including phenoxy) is 5. The van der Waals surface area contributed by atoms with Crippen LogP contribution in [-0.2, 0) is 38.7 Å². The number of aliphatic hydroxyl groups is 2. The number of carboxylic acid groups (broad SMARTS) is 1. The Morgan fingerprint density at radius 3 is 2.19 bits per heavy atom. The molecule has 5 aliphatic rings. The molecule has 0 aliphatic carbocycles. The molecule has 0 radical (unpaired) electrons. The SMILES string of the molecule is CC[C@@H](C(=O)[C@@H](C)[C@@H](O)[C@H](C)[C@@H]1O[C@@H]([C@@H](CC)C(=O)[O-])CC[C@@H]1C)[C@H]1O[C@]2(C=C[C@H](n3cc(-c4ccc(C(C)(C)C)cc4)nn3)[C@]3(CC[C@@](C)([C@H]4CC[C@](O)(CC)[C@H](C)O4)O3)O2)[C@H](C)C[C@@H]1C.[Na+]. The third kappa shape index (κ3) is 10.6. The van der Waals surface area contributed by atoms with Crippen LogP contribution in [0, 0.1) is 41.4 Å². The van der Waals surface area contributed by atoms with Crippen LogP contribution in [0.3, 0.4) is 0 Å². The van der Waals surface area contributed by atoms with Gasteiger partial charge < -0.3 is 43.8 Å². The van der Waals surface area contributed by atoms with Gasteiger partial charge in [0.25, 0.3) is 0 Å². The predicted molar refractivity (Wildman–Crippen MR) is 253 cm³/mol. The van der Waals surface area contributed by atoms with Crippen LogP contribution in [0.5, 0.6) is 0 Å². The molecule has 0 unspecified atom stereocenters. The Kier molecular flexibility index (Phi) is 17.2. The van der Waals surface area contributed by atoms with Crippen LogP contribution in [-0.4, -0.2) is 96.4 Å². The van der Waals surface area contributed by atoms with Gasteiger partial charge >= 0.3 is 29.6 Å². The number of aromatic nitrogens is 3. The number of hydrogen-bond donors (Lipinski definition) is 2. The van der Waals surface area contributed by atoms with Crippen molar-refractivity contribution in [2.45, 2.75) is 225 Å². The summed E-state index contributed by atoms with van der Waals surface area (Å²) < 4.78 is 37.1. The second-order valence-electron chi connectivity index (χ2n) is 22.8. The number of benzene rings is 1. The molecular formula is C54H82N3NaO10. The first-order chi connectivity index (χ1) is 31.4. The first-order valence-corrected chi connectivity index (χ1v) is 25.7. The number of aliphatic carboxylic acids is 1. The minimum Gasteiger partial charge on any atom is -0.550 e. The summed E-state index contributed by atoms with van der Waals surface area (Å²) in [6, 6.07) is 7.92. The first-order valence-electron chi connectivity index (χ1n) is 25.7. The summed E-state index contributed by atoms with van der Waals surface area (Å²) in [5.74, 6) is -6.21. The Hall–Kier alpha value is -2.04. The molecule has 6 heterocycles. The summed E-state index contributed by atoms with van der Waals surface area (Å²) in [6.45, 7) is 26.5. The summed E-state index contributed by atoms with van der Waals surface area (Å²) in [6.07, 6.45) is 8.84. The summed E-state index contributed by atoms with van der Waals surface area (Å²) in [5, 5.41) is 44.6. The van der Waals surface area contributed by atoms with E-state index in [0.29, 0.717) is 57.8 Å². The molecule has 7 rings (SSSR count). The van der Waals surface area contributed by atoms with Crippen molar-refractivity contribution in [1.82, 2.24) is 15.0 Å². The van der Waals surface area contributed by atoms with E-state index in [-0.39, 0.29) is 70.7 Å². The Balaban J connectivity index is 0.00000761. The van der Waals surface area contributed by atoms with Gasteiger partial charge in [0.1, 0.15) is 17.5 Å². The van der Waals surface area contributed by atoms with E-state index in [9.17, 15) is 24.9 Å². The fourth-order valence-corrected chi connectivity index (χ4v) is 12.5. The maximum absolute atomic E-state index is 14.8. The van der Waals surface area contributed by atoms with Gasteiger partial charge in [0.2, 0.25) is 0 Å². The van der Waals surface area contributed by atoms with Crippen LogP contribution in [0.25, 0.3) is 11.3 Å². The Morgan fingerprint density at radius 2 is 1.59 bits per heavy atom. The molecule has 2 aromatic rings. The van der Waals surface area contributed by atoms with Gasteiger partial charge in [0.05, 0.1) is 54.0 Å². The smallest absolute Gasteiger partial charge is 0.550 e. The molecule has 18 atom stereocenters. The number of hydrogen-bond acceptors (Lipinski definition) is 12. The third-order valence-corrected chi connectivity index (χ3v) is 17.3. The second-order valence-corrected chi connectivity index (χ2v) is 22.8. The molecule has 2 spiro atoms. The second kappa shape index (κ2) is 21.2. The number of rotatable bonds is 14. The van der Waals surface area contributed by atoms with Crippen molar-refractivity contribution in [3.63, 3.8) is 0 Å². The van der Waals surface area contributed by atoms with E-state index in [2.05, 4.69) is 83.9 Å². The summed E-state index contributed by atoms with van der Waals surface area (Å²) >= 11 is 0. The number of nitrogens with zero attached hydrogens (tertiary/aromatic N) is 3. The zero-order chi connectivity index (χ0) is 49.0. The van der Waals surface area contributed by atoms with Crippen LogP contribution < -0.4 is 34.7 Å². The molecule has 1 aromatic heterocycles. The number of ketones is 1. The number of carboxylic acids is 1. The zero-order valence-corrected chi connectivity index (χ0v) is 45.7. The summed E-state index contributed by atoms with van der Waals surface area (Å²) in [5.41, 5.74) is 1.25. The molecule has 13 nitrogen and oxygen atoms in total. The van der Waals surface area contributed by atoms with Gasteiger partial charge in [-0.15, -0.1) is 5.10 Å². The van der Waals surface area contributed by atoms with Crippen molar-refractivity contribution in [1.29, 1.82) is 0 Å². The molecule has 1 aromatic carbocycles. The predicted octanol–water partition coefficient (Wildman–Crippen LogP) is 5.29. The van der Waals surface area contributed by atoms with E-state index in [1.54, 1.807) is 6.92 Å². The normalized spacial score (nSPS) is 38.7. The van der Waals surface area contributed by atoms with Gasteiger partial charge in [-0.2, -0.15) is 0 Å². The molecule has 4 fully saturated rings. The van der Waals surface area contributed by atoms with Crippen molar-refractivity contribution in [2.75, 3.05) is 0 Å². The minimum atomic E-state index is -1.26. The van der Waals surface area contributed by atoms with Crippen molar-refractivity contribution in [3.05, 3.63) is 48.2 Å². The Labute approximate surface area is 428 Å². The van der Waals surface area contributed by atoms with E-state index in [0.717, 1.165) is 17.7 Å². The van der Waals surface area contributed by atoms with Gasteiger partial charge in [-0.25, -0.2) is 4.68 Å². The Bertz CT molecular complexity index is 2080. The van der Waals surface area contributed by atoms with Crippen molar-refractivity contribution >= 4 is 11.8 Å². The van der Waals surface area contributed by atoms with Gasteiger partial charge in [-0.05, 0) is 101 Å².